The summed E-state index contributed by atoms with van der Waals surface area (Å²) in [6, 6.07) is 0. The highest BCUT2D eigenvalue weighted by Crippen LogP contribution is 2.27. The van der Waals surface area contributed by atoms with E-state index in [4.69, 9.17) is 5.11 Å². The zero-order valence-corrected chi connectivity index (χ0v) is 13.0. The van der Waals surface area contributed by atoms with Gasteiger partial charge in [-0.05, 0) is 18.8 Å². The highest BCUT2D eigenvalue weighted by Gasteiger charge is 2.14. The lowest BCUT2D eigenvalue weighted by Crippen LogP contribution is -2.22. The van der Waals surface area contributed by atoms with Crippen molar-refractivity contribution in [3.05, 3.63) is 16.1 Å². The van der Waals surface area contributed by atoms with Crippen LogP contribution in [0.4, 0.5) is 0 Å². The molecule has 1 aromatic heterocycles. The van der Waals surface area contributed by atoms with E-state index in [1.54, 1.807) is 0 Å². The van der Waals surface area contributed by atoms with Crippen molar-refractivity contribution >= 4 is 23.2 Å². The first-order valence-electron chi connectivity index (χ1n) is 7.59. The zero-order chi connectivity index (χ0) is 15.1. The van der Waals surface area contributed by atoms with Gasteiger partial charge in [-0.25, -0.2) is 9.78 Å². The summed E-state index contributed by atoms with van der Waals surface area (Å²) < 4.78 is 0. The monoisotopic (exact) mass is 310 g/mol. The van der Waals surface area contributed by atoms with E-state index in [9.17, 15) is 9.59 Å². The van der Waals surface area contributed by atoms with Crippen LogP contribution in [0, 0.1) is 5.92 Å². The molecule has 1 aliphatic rings. The highest BCUT2D eigenvalue weighted by atomic mass is 32.1. The molecule has 0 radical (unpaired) electrons. The van der Waals surface area contributed by atoms with Crippen molar-refractivity contribution in [3.8, 4) is 0 Å². The molecule has 0 saturated heterocycles. The number of nitrogens with zero attached hydrogens (tertiary/aromatic N) is 1. The van der Waals surface area contributed by atoms with Crippen LogP contribution in [0.5, 0.6) is 0 Å². The van der Waals surface area contributed by atoms with Gasteiger partial charge in [0.15, 0.2) is 5.69 Å². The second-order valence-corrected chi connectivity index (χ2v) is 6.55. The van der Waals surface area contributed by atoms with Gasteiger partial charge >= 0.3 is 5.97 Å². The SMILES string of the molecule is O=C(CCCC1CCCCC1)NCc1nc(C(=O)O)cs1. The number of nitrogens with one attached hydrogen (secondary N) is 1. The molecule has 1 heterocycles. The number of carbonyl (C=O) groups excluding carboxylic acids is 1. The molecule has 1 amide bonds. The molecular weight excluding hydrogens is 288 g/mol. The molecule has 1 aliphatic carbocycles. The Balaban J connectivity index is 1.61. The quantitative estimate of drug-likeness (QED) is 0.810. The molecule has 2 rings (SSSR count). The van der Waals surface area contributed by atoms with Crippen LogP contribution in [0.25, 0.3) is 0 Å². The van der Waals surface area contributed by atoms with Gasteiger partial charge in [-0.2, -0.15) is 0 Å². The molecule has 0 unspecified atom stereocenters. The summed E-state index contributed by atoms with van der Waals surface area (Å²) in [4.78, 5) is 26.4. The topological polar surface area (TPSA) is 79.3 Å². The predicted octanol–water partition coefficient (Wildman–Crippen LogP) is 3.21. The number of carboxylic acid groups (broad SMARTS) is 1. The van der Waals surface area contributed by atoms with E-state index in [0.717, 1.165) is 18.8 Å². The number of rotatable bonds is 7. The molecule has 1 saturated carbocycles. The van der Waals surface area contributed by atoms with Crippen molar-refractivity contribution in [1.82, 2.24) is 10.3 Å². The third-order valence-electron chi connectivity index (χ3n) is 3.95. The predicted molar refractivity (Wildman–Crippen MR) is 81.3 cm³/mol. The molecule has 1 fully saturated rings. The van der Waals surface area contributed by atoms with Crippen molar-refractivity contribution in [3.63, 3.8) is 0 Å². The summed E-state index contributed by atoms with van der Waals surface area (Å²) >= 11 is 1.26. The number of amides is 1. The van der Waals surface area contributed by atoms with Crippen LogP contribution in [-0.4, -0.2) is 22.0 Å². The Labute approximate surface area is 128 Å². The van der Waals surface area contributed by atoms with Gasteiger partial charge in [0.2, 0.25) is 5.91 Å². The maximum atomic E-state index is 11.7. The number of carboxylic acids is 1. The van der Waals surface area contributed by atoms with Gasteiger partial charge in [-0.3, -0.25) is 4.79 Å². The van der Waals surface area contributed by atoms with Crippen molar-refractivity contribution in [1.29, 1.82) is 0 Å². The van der Waals surface area contributed by atoms with E-state index in [1.807, 2.05) is 0 Å². The fourth-order valence-electron chi connectivity index (χ4n) is 2.78. The van der Waals surface area contributed by atoms with Crippen LogP contribution < -0.4 is 5.32 Å². The molecule has 5 nitrogen and oxygen atoms in total. The molecule has 6 heteroatoms. The molecule has 116 valence electrons. The number of aromatic carboxylic acids is 1. The maximum absolute atomic E-state index is 11.7. The summed E-state index contributed by atoms with van der Waals surface area (Å²) in [6.45, 7) is 0.320. The molecule has 0 bridgehead atoms. The molecule has 0 atom stereocenters. The first-order valence-corrected chi connectivity index (χ1v) is 8.47. The Morgan fingerprint density at radius 2 is 2.10 bits per heavy atom. The van der Waals surface area contributed by atoms with Crippen LogP contribution in [-0.2, 0) is 11.3 Å². The summed E-state index contributed by atoms with van der Waals surface area (Å²) in [6.07, 6.45) is 9.32. The zero-order valence-electron chi connectivity index (χ0n) is 12.1. The molecule has 0 aromatic carbocycles. The lowest BCUT2D eigenvalue weighted by molar-refractivity contribution is -0.121. The van der Waals surface area contributed by atoms with Gasteiger partial charge in [0.25, 0.3) is 0 Å². The fourth-order valence-corrected chi connectivity index (χ4v) is 3.49. The molecule has 0 spiro atoms. The molecule has 1 aromatic rings. The van der Waals surface area contributed by atoms with Gasteiger partial charge in [-0.15, -0.1) is 11.3 Å². The number of aromatic nitrogens is 1. The summed E-state index contributed by atoms with van der Waals surface area (Å²) in [5.74, 6) is -0.196. The van der Waals surface area contributed by atoms with Crippen LogP contribution in [0.1, 0.15) is 66.9 Å². The first kappa shape index (κ1) is 15.9. The third kappa shape index (κ3) is 5.46. The maximum Gasteiger partial charge on any atom is 0.355 e. The van der Waals surface area contributed by atoms with Crippen LogP contribution in [0.15, 0.2) is 5.38 Å². The Morgan fingerprint density at radius 1 is 1.33 bits per heavy atom. The van der Waals surface area contributed by atoms with Crippen LogP contribution >= 0.6 is 11.3 Å². The van der Waals surface area contributed by atoms with Crippen molar-refractivity contribution in [2.45, 2.75) is 57.9 Å². The average Bonchev–Trinajstić information content (AvgIpc) is 2.95. The van der Waals surface area contributed by atoms with Crippen LogP contribution in [0.2, 0.25) is 0 Å². The number of hydrogen-bond acceptors (Lipinski definition) is 4. The number of thiazole rings is 1. The minimum absolute atomic E-state index is 0.0258. The summed E-state index contributed by atoms with van der Waals surface area (Å²) in [5.41, 5.74) is 0.0431. The lowest BCUT2D eigenvalue weighted by atomic mass is 9.86. The molecule has 0 aliphatic heterocycles. The Kier molecular flexibility index (Phi) is 6.17. The Morgan fingerprint density at radius 3 is 2.76 bits per heavy atom. The van der Waals surface area contributed by atoms with Gasteiger partial charge in [-0.1, -0.05) is 32.1 Å². The Hall–Kier alpha value is -1.43. The lowest BCUT2D eigenvalue weighted by Gasteiger charge is -2.21. The van der Waals surface area contributed by atoms with Crippen LogP contribution in [0.3, 0.4) is 0 Å². The average molecular weight is 310 g/mol. The Bertz CT molecular complexity index is 481. The van der Waals surface area contributed by atoms with Crippen molar-refractivity contribution in [2.75, 3.05) is 0 Å². The van der Waals surface area contributed by atoms with Gasteiger partial charge < -0.3 is 10.4 Å². The minimum Gasteiger partial charge on any atom is -0.476 e. The number of carbonyl (C=O) groups is 2. The fraction of sp³-hybridized carbons (Fsp3) is 0.667. The van der Waals surface area contributed by atoms with Gasteiger partial charge in [0.05, 0.1) is 6.54 Å². The largest absolute Gasteiger partial charge is 0.476 e. The molecule has 21 heavy (non-hydrogen) atoms. The van der Waals surface area contributed by atoms with E-state index in [-0.39, 0.29) is 11.6 Å². The minimum atomic E-state index is -1.03. The van der Waals surface area contributed by atoms with Gasteiger partial charge in [0, 0.05) is 11.8 Å². The number of hydrogen-bond donors (Lipinski definition) is 2. The standard InChI is InChI=1S/C15H22N2O3S/c18-13(8-4-7-11-5-2-1-3-6-11)16-9-14-17-12(10-21-14)15(19)20/h10-11H,1-9H2,(H,16,18)(H,19,20). The normalized spacial score (nSPS) is 15.8. The second kappa shape index (κ2) is 8.12. The second-order valence-electron chi connectivity index (χ2n) is 5.60. The van der Waals surface area contributed by atoms with E-state index >= 15 is 0 Å². The van der Waals surface area contributed by atoms with E-state index in [0.29, 0.717) is 18.0 Å². The molecule has 2 N–H and O–H groups in total. The van der Waals surface area contributed by atoms with E-state index in [1.165, 1.54) is 48.8 Å². The highest BCUT2D eigenvalue weighted by molar-refractivity contribution is 7.09. The van der Waals surface area contributed by atoms with Crippen molar-refractivity contribution in [2.24, 2.45) is 5.92 Å². The van der Waals surface area contributed by atoms with E-state index < -0.39 is 5.97 Å². The summed E-state index contributed by atoms with van der Waals surface area (Å²) in [7, 11) is 0. The molecular formula is C15H22N2O3S. The van der Waals surface area contributed by atoms with Gasteiger partial charge in [0.1, 0.15) is 5.01 Å². The smallest absolute Gasteiger partial charge is 0.355 e. The first-order chi connectivity index (χ1) is 10.1. The van der Waals surface area contributed by atoms with E-state index in [2.05, 4.69) is 10.3 Å². The summed E-state index contributed by atoms with van der Waals surface area (Å²) in [5, 5.41) is 13.7. The van der Waals surface area contributed by atoms with Crippen molar-refractivity contribution < 1.29 is 14.7 Å². The third-order valence-corrected chi connectivity index (χ3v) is 4.80.